The van der Waals surface area contributed by atoms with Crippen molar-refractivity contribution in [3.05, 3.63) is 48.7 Å². The van der Waals surface area contributed by atoms with Gasteiger partial charge in [0.1, 0.15) is 0 Å². The molecule has 0 saturated heterocycles. The van der Waals surface area contributed by atoms with Crippen molar-refractivity contribution in [2.45, 2.75) is 0 Å². The van der Waals surface area contributed by atoms with Gasteiger partial charge in [-0.25, -0.2) is 0 Å². The van der Waals surface area contributed by atoms with E-state index in [2.05, 4.69) is 0 Å². The fraction of sp³-hybridized carbons (Fsp3) is 0. The van der Waals surface area contributed by atoms with Crippen molar-refractivity contribution in [1.29, 1.82) is 0 Å². The van der Waals surface area contributed by atoms with E-state index in [0.717, 1.165) is 6.07 Å². The average Bonchev–Trinajstić information content (AvgIpc) is 2.28. The van der Waals surface area contributed by atoms with E-state index in [-0.39, 0.29) is 0 Å². The summed E-state index contributed by atoms with van der Waals surface area (Å²) in [6.07, 6.45) is 0. The molecule has 78 valence electrons. The van der Waals surface area contributed by atoms with Gasteiger partial charge in [-0.1, -0.05) is 0 Å². The van der Waals surface area contributed by atoms with E-state index < -0.39 is 32.4 Å². The van der Waals surface area contributed by atoms with Crippen molar-refractivity contribution in [2.24, 2.45) is 0 Å². The van der Waals surface area contributed by atoms with Gasteiger partial charge in [-0.2, -0.15) is 0 Å². The zero-order valence-corrected chi connectivity index (χ0v) is 7.11. The third kappa shape index (κ3) is 2.05. The van der Waals surface area contributed by atoms with Gasteiger partial charge in [0.15, 0.2) is 0 Å². The van der Waals surface area contributed by atoms with Gasteiger partial charge < -0.3 is 5.11 Å². The Kier molecular flexibility index (Phi) is 2.61. The molecule has 0 aliphatic heterocycles. The molecule has 0 spiro atoms. The lowest BCUT2D eigenvalue weighted by Gasteiger charge is -1.88. The number of rotatable bonds is 2. The predicted octanol–water partition coefficient (Wildman–Crippen LogP) is 0.569. The third-order valence-corrected chi connectivity index (χ3v) is 1.57. The normalized spacial score (nSPS) is 9.60. The first kappa shape index (κ1) is 10.6. The van der Waals surface area contributed by atoms with Gasteiger partial charge in [0.2, 0.25) is 11.2 Å². The van der Waals surface area contributed by atoms with E-state index >= 15 is 0 Å². The highest BCUT2D eigenvalue weighted by molar-refractivity contribution is 5.50. The van der Waals surface area contributed by atoms with Gasteiger partial charge >= 0.3 is 5.69 Å². The highest BCUT2D eigenvalue weighted by Crippen LogP contribution is 2.24. The number of hydrogen-bond donors (Lipinski definition) is 1. The third-order valence-electron chi connectivity index (χ3n) is 1.57. The highest BCUT2D eigenvalue weighted by Gasteiger charge is 2.19. The maximum absolute atomic E-state index is 10.9. The second kappa shape index (κ2) is 3.70. The number of hydrogen-bond acceptors (Lipinski definition) is 6. The van der Waals surface area contributed by atoms with Crippen molar-refractivity contribution in [3.8, 4) is 5.75 Å². The highest BCUT2D eigenvalue weighted by atomic mass is 16.6. The molecule has 0 aliphatic carbocycles. The molecule has 0 aliphatic rings. The minimum Gasteiger partial charge on any atom is -0.499 e. The lowest BCUT2D eigenvalue weighted by molar-refractivity contribution is -0.394. The predicted molar refractivity (Wildman–Crippen MR) is 47.7 cm³/mol. The van der Waals surface area contributed by atoms with E-state index in [1.807, 2.05) is 0 Å². The van der Waals surface area contributed by atoms with Crippen molar-refractivity contribution in [2.75, 3.05) is 0 Å². The van der Waals surface area contributed by atoms with Crippen molar-refractivity contribution < 1.29 is 15.0 Å². The summed E-state index contributed by atoms with van der Waals surface area (Å²) < 4.78 is 0. The molecule has 8 nitrogen and oxygen atoms in total. The number of nitrogens with zero attached hydrogens (tertiary/aromatic N) is 2. The van der Waals surface area contributed by atoms with Crippen LogP contribution in [0.3, 0.4) is 0 Å². The lowest BCUT2D eigenvalue weighted by atomic mass is 10.4. The van der Waals surface area contributed by atoms with Gasteiger partial charge in [0.25, 0.3) is 5.69 Å². The molecule has 8 heteroatoms. The molecule has 0 bridgehead atoms. The molecule has 1 aromatic rings. The summed E-state index contributed by atoms with van der Waals surface area (Å²) in [6, 6.07) is 2.01. The molecule has 0 unspecified atom stereocenters. The SMILES string of the molecule is O=c1ccc([N+](=O)[O-])cc([N+](=O)[O-])c1O. The molecule has 0 heterocycles. The largest absolute Gasteiger partial charge is 0.499 e. The van der Waals surface area contributed by atoms with Crippen LogP contribution < -0.4 is 5.43 Å². The number of nitro groups is 2. The molecule has 1 rings (SSSR count). The Hall–Kier alpha value is -2.51. The van der Waals surface area contributed by atoms with E-state index in [1.165, 1.54) is 0 Å². The van der Waals surface area contributed by atoms with E-state index in [4.69, 9.17) is 5.11 Å². The Balaban J connectivity index is 3.64. The van der Waals surface area contributed by atoms with Crippen LogP contribution in [0.25, 0.3) is 0 Å². The van der Waals surface area contributed by atoms with Gasteiger partial charge in [0.05, 0.1) is 15.9 Å². The standard InChI is InChI=1S/C7H4N2O6/c10-6-2-1-4(8(12)13)3-5(7(6)11)9(14)15/h1-3H,(H,10,11). The van der Waals surface area contributed by atoms with Crippen LogP contribution in [-0.2, 0) is 0 Å². The first-order chi connectivity index (χ1) is 6.93. The summed E-state index contributed by atoms with van der Waals surface area (Å²) in [5.41, 5.74) is -2.68. The first-order valence-corrected chi connectivity index (χ1v) is 3.59. The van der Waals surface area contributed by atoms with Crippen LogP contribution in [0.1, 0.15) is 0 Å². The Morgan fingerprint density at radius 3 is 2.20 bits per heavy atom. The molecule has 1 N–H and O–H groups in total. The van der Waals surface area contributed by atoms with Crippen LogP contribution in [0, 0.1) is 20.2 Å². The lowest BCUT2D eigenvalue weighted by Crippen LogP contribution is -1.96. The van der Waals surface area contributed by atoms with E-state index in [9.17, 15) is 25.0 Å². The second-order valence-electron chi connectivity index (χ2n) is 2.51. The molecule has 0 radical (unpaired) electrons. The van der Waals surface area contributed by atoms with Crippen molar-refractivity contribution in [3.63, 3.8) is 0 Å². The molecular formula is C7H4N2O6. The van der Waals surface area contributed by atoms with E-state index in [0.29, 0.717) is 12.1 Å². The number of aromatic hydroxyl groups is 1. The van der Waals surface area contributed by atoms with Gasteiger partial charge in [-0.3, -0.25) is 25.0 Å². The quantitative estimate of drug-likeness (QED) is 0.564. The summed E-state index contributed by atoms with van der Waals surface area (Å²) in [5.74, 6) is -1.12. The van der Waals surface area contributed by atoms with Crippen molar-refractivity contribution in [1.82, 2.24) is 0 Å². The zero-order valence-electron chi connectivity index (χ0n) is 7.11. The maximum atomic E-state index is 10.9. The molecule has 0 amide bonds. The van der Waals surface area contributed by atoms with E-state index in [1.54, 1.807) is 0 Å². The topological polar surface area (TPSA) is 124 Å². The van der Waals surface area contributed by atoms with Crippen LogP contribution >= 0.6 is 0 Å². The second-order valence-corrected chi connectivity index (χ2v) is 2.51. The van der Waals surface area contributed by atoms with Gasteiger partial charge in [-0.15, -0.1) is 0 Å². The Morgan fingerprint density at radius 2 is 1.73 bits per heavy atom. The molecule has 0 saturated carbocycles. The molecule has 0 fully saturated rings. The molecule has 0 aromatic heterocycles. The Bertz CT molecular complexity index is 497. The smallest absolute Gasteiger partial charge is 0.321 e. The minimum absolute atomic E-state index is 0.525. The first-order valence-electron chi connectivity index (χ1n) is 3.59. The summed E-state index contributed by atoms with van der Waals surface area (Å²) in [5, 5.41) is 29.8. The fourth-order valence-corrected chi connectivity index (χ4v) is 0.876. The summed E-state index contributed by atoms with van der Waals surface area (Å²) >= 11 is 0. The van der Waals surface area contributed by atoms with Gasteiger partial charge in [-0.05, 0) is 6.07 Å². The summed E-state index contributed by atoms with van der Waals surface area (Å²) in [4.78, 5) is 29.7. The van der Waals surface area contributed by atoms with Gasteiger partial charge in [0, 0.05) is 6.07 Å². The fourth-order valence-electron chi connectivity index (χ4n) is 0.876. The monoisotopic (exact) mass is 212 g/mol. The minimum atomic E-state index is -1.12. The van der Waals surface area contributed by atoms with Crippen LogP contribution in [0.15, 0.2) is 23.0 Å². The Labute approximate surface area is 81.7 Å². The summed E-state index contributed by atoms with van der Waals surface area (Å²) in [6.45, 7) is 0. The van der Waals surface area contributed by atoms with Crippen LogP contribution in [0.4, 0.5) is 11.4 Å². The Morgan fingerprint density at radius 1 is 1.13 bits per heavy atom. The molecule has 1 aromatic carbocycles. The van der Waals surface area contributed by atoms with Crippen molar-refractivity contribution >= 4 is 11.4 Å². The van der Waals surface area contributed by atoms with Crippen LogP contribution in [-0.4, -0.2) is 15.0 Å². The van der Waals surface area contributed by atoms with Crippen LogP contribution in [0.2, 0.25) is 0 Å². The zero-order chi connectivity index (χ0) is 11.6. The average molecular weight is 212 g/mol. The molecule has 0 atom stereocenters. The molecular weight excluding hydrogens is 208 g/mol. The van der Waals surface area contributed by atoms with Crippen LogP contribution in [0.5, 0.6) is 5.75 Å². The maximum Gasteiger partial charge on any atom is 0.321 e. The molecule has 15 heavy (non-hydrogen) atoms. The summed E-state index contributed by atoms with van der Waals surface area (Å²) in [7, 11) is 0.